The van der Waals surface area contributed by atoms with Crippen LogP contribution in [0.15, 0.2) is 36.7 Å². The van der Waals surface area contributed by atoms with Crippen LogP contribution in [-0.4, -0.2) is 45.7 Å². The van der Waals surface area contributed by atoms with Crippen LogP contribution < -0.4 is 0 Å². The molecule has 0 aliphatic rings. The van der Waals surface area contributed by atoms with Gasteiger partial charge in [-0.3, -0.25) is 0 Å². The minimum absolute atomic E-state index is 0.171. The van der Waals surface area contributed by atoms with Crippen LogP contribution in [0.25, 0.3) is 17.0 Å². The van der Waals surface area contributed by atoms with E-state index in [0.29, 0.717) is 5.56 Å². The lowest BCUT2D eigenvalue weighted by Crippen LogP contribution is -2.11. The van der Waals surface area contributed by atoms with E-state index in [1.165, 1.54) is 12.1 Å². The summed E-state index contributed by atoms with van der Waals surface area (Å²) < 4.78 is 54.8. The number of rotatable bonds is 4. The number of aromatic carboxylic acids is 1. The zero-order chi connectivity index (χ0) is 22.5. The maximum absolute atomic E-state index is 14.5. The summed E-state index contributed by atoms with van der Waals surface area (Å²) in [6, 6.07) is 3.46. The minimum atomic E-state index is -4.50. The molecular weight excluding hydrogens is 424 g/mol. The van der Waals surface area contributed by atoms with Gasteiger partial charge in [0.15, 0.2) is 11.0 Å². The maximum Gasteiger partial charge on any atom is 0.416 e. The second kappa shape index (κ2) is 7.04. The lowest BCUT2D eigenvalue weighted by molar-refractivity contribution is -0.137. The minimum Gasteiger partial charge on any atom is -0.492 e. The van der Waals surface area contributed by atoms with Crippen LogP contribution in [0, 0.1) is 5.95 Å². The van der Waals surface area contributed by atoms with E-state index in [0.717, 1.165) is 33.9 Å². The number of alkyl halides is 3. The predicted molar refractivity (Wildman–Crippen MR) is 96.3 cm³/mol. The number of hydrogen-bond donors (Lipinski definition) is 2. The molecule has 1 aromatic carbocycles. The molecule has 2 N–H and O–H groups in total. The molecule has 0 bridgehead atoms. The summed E-state index contributed by atoms with van der Waals surface area (Å²) in [6.45, 7) is 1.55. The largest absolute Gasteiger partial charge is 0.492 e. The lowest BCUT2D eigenvalue weighted by atomic mass is 10.1. The number of carboxylic acid groups (broad SMARTS) is 1. The summed E-state index contributed by atoms with van der Waals surface area (Å²) in [5.41, 5.74) is -1.18. The van der Waals surface area contributed by atoms with E-state index in [-0.39, 0.29) is 22.5 Å². The highest BCUT2D eigenvalue weighted by Crippen LogP contribution is 2.32. The molecule has 13 heteroatoms. The fourth-order valence-corrected chi connectivity index (χ4v) is 3.00. The average Bonchev–Trinajstić information content (AvgIpc) is 3.33. The highest BCUT2D eigenvalue weighted by atomic mass is 19.4. The Morgan fingerprint density at radius 3 is 2.42 bits per heavy atom. The van der Waals surface area contributed by atoms with Gasteiger partial charge in [0.25, 0.3) is 11.9 Å². The van der Waals surface area contributed by atoms with Gasteiger partial charge >= 0.3 is 12.1 Å². The fourth-order valence-electron chi connectivity index (χ4n) is 3.00. The van der Waals surface area contributed by atoms with Crippen molar-refractivity contribution in [3.05, 3.63) is 59.3 Å². The lowest BCUT2D eigenvalue weighted by Gasteiger charge is -2.15. The molecular formula is C18H12F4N6O3. The van der Waals surface area contributed by atoms with E-state index in [1.807, 2.05) is 0 Å². The van der Waals surface area contributed by atoms with Crippen molar-refractivity contribution in [3.8, 4) is 11.8 Å². The summed E-state index contributed by atoms with van der Waals surface area (Å²) in [4.78, 5) is 18.8. The first-order valence-corrected chi connectivity index (χ1v) is 8.66. The first-order valence-electron chi connectivity index (χ1n) is 8.66. The number of benzene rings is 1. The molecule has 0 amide bonds. The second-order valence-corrected chi connectivity index (χ2v) is 6.55. The molecule has 0 spiro atoms. The van der Waals surface area contributed by atoms with Crippen molar-refractivity contribution in [2.75, 3.05) is 0 Å². The van der Waals surface area contributed by atoms with Crippen molar-refractivity contribution in [3.63, 3.8) is 0 Å². The molecule has 0 aliphatic carbocycles. The van der Waals surface area contributed by atoms with Gasteiger partial charge in [-0.05, 0) is 24.6 Å². The van der Waals surface area contributed by atoms with Gasteiger partial charge < -0.3 is 10.2 Å². The van der Waals surface area contributed by atoms with Gasteiger partial charge in [0, 0.05) is 6.20 Å². The number of carboxylic acids is 1. The molecule has 0 saturated heterocycles. The Bertz CT molecular complexity index is 1300. The summed E-state index contributed by atoms with van der Waals surface area (Å²) in [6.07, 6.45) is -2.39. The monoisotopic (exact) mass is 436 g/mol. The van der Waals surface area contributed by atoms with Crippen LogP contribution >= 0.6 is 0 Å². The van der Waals surface area contributed by atoms with Crippen molar-refractivity contribution in [1.29, 1.82) is 0 Å². The molecule has 0 radical (unpaired) electrons. The Balaban J connectivity index is 1.76. The van der Waals surface area contributed by atoms with Crippen LogP contribution in [0.2, 0.25) is 0 Å². The predicted octanol–water partition coefficient (Wildman–Crippen LogP) is 3.18. The molecule has 31 heavy (non-hydrogen) atoms. The van der Waals surface area contributed by atoms with Gasteiger partial charge in [0.2, 0.25) is 5.88 Å². The number of halogens is 4. The van der Waals surface area contributed by atoms with Crippen molar-refractivity contribution >= 4 is 17.0 Å². The maximum atomic E-state index is 14.5. The summed E-state index contributed by atoms with van der Waals surface area (Å²) in [5.74, 6) is -3.26. The van der Waals surface area contributed by atoms with Crippen molar-refractivity contribution in [1.82, 2.24) is 29.5 Å². The van der Waals surface area contributed by atoms with Crippen LogP contribution in [-0.2, 0) is 6.18 Å². The van der Waals surface area contributed by atoms with Gasteiger partial charge in [0.1, 0.15) is 0 Å². The normalized spacial score (nSPS) is 12.9. The Morgan fingerprint density at radius 2 is 1.84 bits per heavy atom. The molecule has 160 valence electrons. The topological polar surface area (TPSA) is 119 Å². The van der Waals surface area contributed by atoms with Gasteiger partial charge in [0.05, 0.1) is 23.4 Å². The van der Waals surface area contributed by atoms with Crippen LogP contribution in [0.5, 0.6) is 5.88 Å². The van der Waals surface area contributed by atoms with Gasteiger partial charge in [-0.25, -0.2) is 19.1 Å². The summed E-state index contributed by atoms with van der Waals surface area (Å²) in [5, 5.41) is 26.8. The molecule has 0 saturated carbocycles. The van der Waals surface area contributed by atoms with Gasteiger partial charge in [-0.15, -0.1) is 5.10 Å². The molecule has 9 nitrogen and oxygen atoms in total. The SMILES string of the molecule is C[C@@H](c1ccc(C(F)(F)F)cc1)n1nc(F)c2nc(-n3cc(C(=O)O)cn3)nc(O)c21. The van der Waals surface area contributed by atoms with Crippen LogP contribution in [0.1, 0.15) is 34.5 Å². The second-order valence-electron chi connectivity index (χ2n) is 6.55. The Kier molecular flexibility index (Phi) is 4.60. The zero-order valence-electron chi connectivity index (χ0n) is 15.5. The number of hydrogen-bond acceptors (Lipinski definition) is 6. The smallest absolute Gasteiger partial charge is 0.416 e. The first-order chi connectivity index (χ1) is 14.6. The molecule has 3 aromatic heterocycles. The highest BCUT2D eigenvalue weighted by Gasteiger charge is 2.30. The van der Waals surface area contributed by atoms with E-state index in [9.17, 15) is 27.5 Å². The van der Waals surface area contributed by atoms with Crippen LogP contribution in [0.3, 0.4) is 0 Å². The Morgan fingerprint density at radius 1 is 1.16 bits per heavy atom. The fraction of sp³-hybridized carbons (Fsp3) is 0.167. The van der Waals surface area contributed by atoms with Crippen molar-refractivity contribution in [2.45, 2.75) is 19.1 Å². The van der Waals surface area contributed by atoms with E-state index in [1.54, 1.807) is 6.92 Å². The van der Waals surface area contributed by atoms with E-state index >= 15 is 0 Å². The number of nitrogens with zero attached hydrogens (tertiary/aromatic N) is 6. The number of carbonyl (C=O) groups is 1. The standard InChI is InChI=1S/C18H12F4N6O3/c1-8(9-2-4-11(5-3-9)18(20,21)22)28-13-12(14(19)26-28)24-17(25-15(13)29)27-7-10(6-23-27)16(30)31/h2-8H,1H3,(H,30,31)(H,24,25,29)/t8-/m0/s1. The van der Waals surface area contributed by atoms with Crippen LogP contribution in [0.4, 0.5) is 17.6 Å². The molecule has 0 fully saturated rings. The average molecular weight is 436 g/mol. The molecule has 3 heterocycles. The van der Waals surface area contributed by atoms with Crippen molar-refractivity contribution < 1.29 is 32.6 Å². The van der Waals surface area contributed by atoms with E-state index in [4.69, 9.17) is 5.11 Å². The third kappa shape index (κ3) is 3.53. The van der Waals surface area contributed by atoms with Gasteiger partial charge in [-0.2, -0.15) is 27.6 Å². The summed E-state index contributed by atoms with van der Waals surface area (Å²) >= 11 is 0. The third-order valence-corrected chi connectivity index (χ3v) is 4.60. The molecule has 4 aromatic rings. The quantitative estimate of drug-likeness (QED) is 0.472. The molecule has 0 unspecified atom stereocenters. The van der Waals surface area contributed by atoms with E-state index in [2.05, 4.69) is 20.2 Å². The number of aromatic hydroxyl groups is 1. The van der Waals surface area contributed by atoms with E-state index < -0.39 is 35.6 Å². The molecule has 4 rings (SSSR count). The third-order valence-electron chi connectivity index (χ3n) is 4.60. The molecule has 0 aliphatic heterocycles. The van der Waals surface area contributed by atoms with Crippen molar-refractivity contribution in [2.24, 2.45) is 0 Å². The van der Waals surface area contributed by atoms with Gasteiger partial charge in [-0.1, -0.05) is 12.1 Å². The zero-order valence-corrected chi connectivity index (χ0v) is 15.5. The highest BCUT2D eigenvalue weighted by molar-refractivity contribution is 5.87. The summed E-state index contributed by atoms with van der Waals surface area (Å²) in [7, 11) is 0. The number of fused-ring (bicyclic) bond motifs is 1. The Labute approximate surface area is 170 Å². The number of aromatic nitrogens is 6. The Hall–Kier alpha value is -4.03. The first kappa shape index (κ1) is 20.3. The molecule has 1 atom stereocenters.